The molecule has 0 aromatic carbocycles. The van der Waals surface area contributed by atoms with Gasteiger partial charge in [0.2, 0.25) is 0 Å². The van der Waals surface area contributed by atoms with E-state index >= 15 is 0 Å². The van der Waals surface area contributed by atoms with Crippen molar-refractivity contribution in [2.45, 2.75) is 19.8 Å². The summed E-state index contributed by atoms with van der Waals surface area (Å²) in [6.45, 7) is 1.63. The lowest BCUT2D eigenvalue weighted by molar-refractivity contribution is -0.150. The molecule has 0 radical (unpaired) electrons. The third kappa shape index (κ3) is 1.67. The summed E-state index contributed by atoms with van der Waals surface area (Å²) >= 11 is 5.85. The minimum absolute atomic E-state index is 0.00321. The molecule has 0 amide bonds. The lowest BCUT2D eigenvalue weighted by atomic mass is 9.66. The molecule has 0 bridgehead atoms. The van der Waals surface area contributed by atoms with Crippen molar-refractivity contribution in [3.05, 3.63) is 22.8 Å². The molecule has 2 rings (SSSR count). The van der Waals surface area contributed by atoms with E-state index in [-0.39, 0.29) is 16.5 Å². The second kappa shape index (κ2) is 3.88. The lowest BCUT2D eigenvalue weighted by Gasteiger charge is -2.35. The minimum Gasteiger partial charge on any atom is -0.481 e. The van der Waals surface area contributed by atoms with Crippen LogP contribution >= 0.6 is 11.6 Å². The summed E-state index contributed by atoms with van der Waals surface area (Å²) in [5.74, 6) is -2.70. The van der Waals surface area contributed by atoms with Crippen LogP contribution in [0.5, 0.6) is 0 Å². The van der Waals surface area contributed by atoms with E-state index in [0.29, 0.717) is 0 Å². The van der Waals surface area contributed by atoms with Gasteiger partial charge >= 0.3 is 11.9 Å². The Morgan fingerprint density at radius 2 is 2.00 bits per heavy atom. The van der Waals surface area contributed by atoms with Crippen molar-refractivity contribution in [2.75, 3.05) is 0 Å². The number of hydrogen-bond donors (Lipinski definition) is 2. The van der Waals surface area contributed by atoms with Crippen molar-refractivity contribution in [3.63, 3.8) is 0 Å². The number of carbonyl (C=O) groups is 2. The highest BCUT2D eigenvalue weighted by Crippen LogP contribution is 2.55. The Kier molecular flexibility index (Phi) is 2.78. The summed E-state index contributed by atoms with van der Waals surface area (Å²) in [6, 6.07) is 0. The fraction of sp³-hybridized carbons (Fsp3) is 0.500. The third-order valence-corrected chi connectivity index (χ3v) is 4.10. The highest BCUT2D eigenvalue weighted by Gasteiger charge is 2.56. The quantitative estimate of drug-likeness (QED) is 0.812. The Hall–Kier alpha value is -1.29. The van der Waals surface area contributed by atoms with E-state index in [4.69, 9.17) is 16.7 Å². The molecule has 4 nitrogen and oxygen atoms in total. The Morgan fingerprint density at radius 3 is 2.41 bits per heavy atom. The number of carboxylic acids is 2. The van der Waals surface area contributed by atoms with E-state index in [9.17, 15) is 14.7 Å². The van der Waals surface area contributed by atoms with Crippen molar-refractivity contribution in [3.8, 4) is 0 Å². The van der Waals surface area contributed by atoms with Gasteiger partial charge in [0.1, 0.15) is 0 Å². The van der Waals surface area contributed by atoms with Crippen LogP contribution in [0.2, 0.25) is 0 Å². The van der Waals surface area contributed by atoms with Crippen molar-refractivity contribution >= 4 is 23.5 Å². The Labute approximate surface area is 104 Å². The van der Waals surface area contributed by atoms with Gasteiger partial charge in [0, 0.05) is 5.92 Å². The van der Waals surface area contributed by atoms with Gasteiger partial charge in [-0.15, -0.1) is 0 Å². The second-order valence-electron chi connectivity index (χ2n) is 4.63. The smallest absolute Gasteiger partial charge is 0.333 e. The van der Waals surface area contributed by atoms with Gasteiger partial charge in [-0.2, -0.15) is 0 Å². The molecule has 0 aromatic rings. The molecule has 0 saturated heterocycles. The van der Waals surface area contributed by atoms with E-state index in [1.807, 2.05) is 0 Å². The molecule has 2 aliphatic rings. The number of halogens is 1. The van der Waals surface area contributed by atoms with Crippen LogP contribution in [0.25, 0.3) is 0 Å². The number of carboxylic acid groups (broad SMARTS) is 2. The predicted octanol–water partition coefficient (Wildman–Crippen LogP) is 2.25. The van der Waals surface area contributed by atoms with Gasteiger partial charge in [-0.05, 0) is 24.8 Å². The molecule has 2 aliphatic carbocycles. The maximum Gasteiger partial charge on any atom is 0.333 e. The van der Waals surface area contributed by atoms with Crippen molar-refractivity contribution < 1.29 is 19.8 Å². The van der Waals surface area contributed by atoms with E-state index < -0.39 is 23.3 Å². The SMILES string of the molecule is CC1C(C(=O)O)=C(Cl)C=CC1(C(=O)O)C1CC1. The first-order chi connectivity index (χ1) is 7.91. The number of rotatable bonds is 3. The fourth-order valence-corrected chi connectivity index (χ4v) is 2.97. The molecule has 2 atom stereocenters. The predicted molar refractivity (Wildman–Crippen MR) is 61.6 cm³/mol. The molecular weight excluding hydrogens is 244 g/mol. The summed E-state index contributed by atoms with van der Waals surface area (Å²) in [6.07, 6.45) is 4.63. The van der Waals surface area contributed by atoms with Gasteiger partial charge in [0.05, 0.1) is 16.0 Å². The highest BCUT2D eigenvalue weighted by molar-refractivity contribution is 6.33. The molecule has 0 aromatic heterocycles. The van der Waals surface area contributed by atoms with Crippen molar-refractivity contribution in [1.82, 2.24) is 0 Å². The zero-order valence-corrected chi connectivity index (χ0v) is 10.1. The Bertz CT molecular complexity index is 447. The fourth-order valence-electron chi connectivity index (χ4n) is 2.66. The lowest BCUT2D eigenvalue weighted by Crippen LogP contribution is -2.41. The van der Waals surface area contributed by atoms with Crippen LogP contribution in [-0.2, 0) is 9.59 Å². The van der Waals surface area contributed by atoms with Gasteiger partial charge in [-0.25, -0.2) is 4.79 Å². The van der Waals surface area contributed by atoms with Crippen LogP contribution in [0.3, 0.4) is 0 Å². The van der Waals surface area contributed by atoms with E-state index in [0.717, 1.165) is 12.8 Å². The average molecular weight is 257 g/mol. The monoisotopic (exact) mass is 256 g/mol. The largest absolute Gasteiger partial charge is 0.481 e. The summed E-state index contributed by atoms with van der Waals surface area (Å²) in [5.41, 5.74) is -1.10. The van der Waals surface area contributed by atoms with Crippen LogP contribution in [0.4, 0.5) is 0 Å². The first-order valence-corrected chi connectivity index (χ1v) is 5.84. The molecule has 0 spiro atoms. The topological polar surface area (TPSA) is 74.6 Å². The molecule has 2 N–H and O–H groups in total. The maximum atomic E-state index is 11.5. The summed E-state index contributed by atoms with van der Waals surface area (Å²) in [4.78, 5) is 22.7. The first kappa shape index (κ1) is 12.2. The van der Waals surface area contributed by atoms with E-state index in [1.54, 1.807) is 13.0 Å². The zero-order chi connectivity index (χ0) is 12.8. The van der Waals surface area contributed by atoms with Gasteiger partial charge < -0.3 is 10.2 Å². The van der Waals surface area contributed by atoms with Gasteiger partial charge in [0.25, 0.3) is 0 Å². The summed E-state index contributed by atoms with van der Waals surface area (Å²) in [7, 11) is 0. The Morgan fingerprint density at radius 1 is 1.41 bits per heavy atom. The molecule has 0 aliphatic heterocycles. The van der Waals surface area contributed by atoms with Gasteiger partial charge in [-0.1, -0.05) is 24.6 Å². The number of hydrogen-bond acceptors (Lipinski definition) is 2. The number of aliphatic carboxylic acids is 2. The van der Waals surface area contributed by atoms with Crippen LogP contribution in [0, 0.1) is 17.3 Å². The van der Waals surface area contributed by atoms with Gasteiger partial charge in [0.15, 0.2) is 0 Å². The Balaban J connectivity index is 2.50. The van der Waals surface area contributed by atoms with E-state index in [1.165, 1.54) is 6.08 Å². The average Bonchev–Trinajstić information content (AvgIpc) is 3.01. The van der Waals surface area contributed by atoms with Crippen LogP contribution in [-0.4, -0.2) is 22.2 Å². The second-order valence-corrected chi connectivity index (χ2v) is 5.04. The highest BCUT2D eigenvalue weighted by atomic mass is 35.5. The first-order valence-electron chi connectivity index (χ1n) is 5.46. The normalized spacial score (nSPS) is 32.7. The molecule has 2 unspecified atom stereocenters. The summed E-state index contributed by atoms with van der Waals surface area (Å²) < 4.78 is 0. The minimum atomic E-state index is -1.14. The van der Waals surface area contributed by atoms with Crippen molar-refractivity contribution in [2.24, 2.45) is 17.3 Å². The molecular formula is C12H13ClO4. The third-order valence-electron chi connectivity index (χ3n) is 3.77. The zero-order valence-electron chi connectivity index (χ0n) is 9.31. The molecule has 17 heavy (non-hydrogen) atoms. The van der Waals surface area contributed by atoms with Crippen molar-refractivity contribution in [1.29, 1.82) is 0 Å². The molecule has 92 valence electrons. The van der Waals surface area contributed by atoms with Crippen LogP contribution in [0.15, 0.2) is 22.8 Å². The molecule has 1 saturated carbocycles. The maximum absolute atomic E-state index is 11.5. The van der Waals surface area contributed by atoms with Crippen LogP contribution < -0.4 is 0 Å². The summed E-state index contributed by atoms with van der Waals surface area (Å²) in [5, 5.41) is 18.7. The van der Waals surface area contributed by atoms with E-state index in [2.05, 4.69) is 0 Å². The molecule has 5 heteroatoms. The standard InChI is InChI=1S/C12H13ClO4/c1-6-9(10(14)15)8(13)4-5-12(6,11(16)17)7-2-3-7/h4-7H,2-3H2,1H3,(H,14,15)(H,16,17). The number of allylic oxidation sites excluding steroid dienone is 2. The van der Waals surface area contributed by atoms with Gasteiger partial charge in [-0.3, -0.25) is 4.79 Å². The molecule has 1 fully saturated rings. The van der Waals surface area contributed by atoms with Crippen LogP contribution in [0.1, 0.15) is 19.8 Å². The molecule has 0 heterocycles.